The van der Waals surface area contributed by atoms with Crippen molar-refractivity contribution in [2.24, 2.45) is 16.6 Å². The molecular formula is C21H35FIN5O. The molecule has 0 spiro atoms. The Morgan fingerprint density at radius 1 is 1.34 bits per heavy atom. The number of nitrogens with zero attached hydrogens (tertiary/aromatic N) is 3. The predicted molar refractivity (Wildman–Crippen MR) is 128 cm³/mol. The van der Waals surface area contributed by atoms with Crippen LogP contribution in [-0.4, -0.2) is 49.5 Å². The van der Waals surface area contributed by atoms with Gasteiger partial charge in [-0.25, -0.2) is 9.38 Å². The number of guanidine groups is 1. The highest BCUT2D eigenvalue weighted by atomic mass is 127. The minimum absolute atomic E-state index is 0. The van der Waals surface area contributed by atoms with Crippen LogP contribution in [0.25, 0.3) is 0 Å². The lowest BCUT2D eigenvalue weighted by atomic mass is 9.95. The van der Waals surface area contributed by atoms with E-state index in [0.29, 0.717) is 18.7 Å². The first-order valence-corrected chi connectivity index (χ1v) is 10.3. The molecule has 3 N–H and O–H groups in total. The topological polar surface area (TPSA) is 74.0 Å². The first-order valence-electron chi connectivity index (χ1n) is 10.3. The van der Waals surface area contributed by atoms with Crippen molar-refractivity contribution >= 4 is 41.5 Å². The van der Waals surface area contributed by atoms with Gasteiger partial charge in [0.15, 0.2) is 5.96 Å². The molecule has 1 atom stereocenters. The maximum Gasteiger partial charge on any atom is 0.217 e. The van der Waals surface area contributed by atoms with Crippen molar-refractivity contribution in [3.63, 3.8) is 0 Å². The molecule has 1 amide bonds. The van der Waals surface area contributed by atoms with E-state index in [1.165, 1.54) is 0 Å². The number of rotatable bonds is 8. The fraction of sp³-hybridized carbons (Fsp3) is 0.619. The van der Waals surface area contributed by atoms with Crippen LogP contribution in [0.15, 0.2) is 23.2 Å². The van der Waals surface area contributed by atoms with E-state index in [1.807, 2.05) is 37.8 Å². The van der Waals surface area contributed by atoms with Crippen LogP contribution < -0.4 is 16.0 Å². The second-order valence-corrected chi connectivity index (χ2v) is 7.25. The summed E-state index contributed by atoms with van der Waals surface area (Å²) >= 11 is 0. The second kappa shape index (κ2) is 12.9. The number of hydrogen-bond acceptors (Lipinski definition) is 3. The summed E-state index contributed by atoms with van der Waals surface area (Å²) < 4.78 is 14.5. The van der Waals surface area contributed by atoms with Gasteiger partial charge in [-0.15, -0.1) is 24.0 Å². The van der Waals surface area contributed by atoms with Gasteiger partial charge in [0.2, 0.25) is 5.91 Å². The van der Waals surface area contributed by atoms with Gasteiger partial charge in [-0.2, -0.15) is 0 Å². The van der Waals surface area contributed by atoms with E-state index in [1.54, 1.807) is 6.07 Å². The van der Waals surface area contributed by atoms with E-state index in [2.05, 4.69) is 10.2 Å². The van der Waals surface area contributed by atoms with Gasteiger partial charge in [0.05, 0.1) is 12.2 Å². The number of benzene rings is 1. The number of nitrogens with one attached hydrogen (secondary N) is 1. The third kappa shape index (κ3) is 7.64. The van der Waals surface area contributed by atoms with Crippen molar-refractivity contribution < 1.29 is 9.18 Å². The van der Waals surface area contributed by atoms with Gasteiger partial charge >= 0.3 is 0 Å². The number of likely N-dealkylation sites (tertiary alicyclic amines) is 1. The summed E-state index contributed by atoms with van der Waals surface area (Å²) in [7, 11) is 0. The van der Waals surface area contributed by atoms with Crippen molar-refractivity contribution in [2.45, 2.75) is 46.6 Å². The molecule has 1 fully saturated rings. The molecule has 1 aromatic carbocycles. The van der Waals surface area contributed by atoms with E-state index < -0.39 is 0 Å². The first-order chi connectivity index (χ1) is 13.5. The molecule has 8 heteroatoms. The van der Waals surface area contributed by atoms with Crippen molar-refractivity contribution in [3.8, 4) is 0 Å². The SMILES string of the molecule is CCNC(=NCc1ccc(N(CC)CC)c(F)c1)N1CCCC(CC(N)=O)C1.I. The molecule has 0 aromatic heterocycles. The second-order valence-electron chi connectivity index (χ2n) is 7.25. The monoisotopic (exact) mass is 519 g/mol. The maximum absolute atomic E-state index is 14.5. The molecule has 1 heterocycles. The van der Waals surface area contributed by atoms with Crippen LogP contribution in [0.5, 0.6) is 0 Å². The first kappa shape index (κ1) is 25.5. The van der Waals surface area contributed by atoms with Crippen molar-refractivity contribution in [3.05, 3.63) is 29.6 Å². The standard InChI is InChI=1S/C21H34FN5O.HI/c1-4-24-21(27-11-7-8-17(15-27)13-20(23)28)25-14-16-9-10-19(18(22)12-16)26(5-2)6-3;/h9-10,12,17H,4-8,11,13-15H2,1-3H3,(H2,23,28)(H,24,25);1H. The zero-order valence-electron chi connectivity index (χ0n) is 17.8. The number of carbonyl (C=O) groups is 1. The van der Waals surface area contributed by atoms with Crippen molar-refractivity contribution in [1.82, 2.24) is 10.2 Å². The van der Waals surface area contributed by atoms with Crippen LogP contribution in [0, 0.1) is 11.7 Å². The Morgan fingerprint density at radius 3 is 2.66 bits per heavy atom. The Hall–Kier alpha value is -1.58. The summed E-state index contributed by atoms with van der Waals surface area (Å²) in [6.07, 6.45) is 2.43. The fourth-order valence-corrected chi connectivity index (χ4v) is 3.77. The Bertz CT molecular complexity index is 681. The zero-order chi connectivity index (χ0) is 20.5. The van der Waals surface area contributed by atoms with Crippen LogP contribution >= 0.6 is 24.0 Å². The van der Waals surface area contributed by atoms with Gasteiger partial charge in [0, 0.05) is 39.1 Å². The lowest BCUT2D eigenvalue weighted by molar-refractivity contribution is -0.119. The highest BCUT2D eigenvalue weighted by molar-refractivity contribution is 14.0. The molecule has 1 saturated heterocycles. The van der Waals surface area contributed by atoms with Gasteiger partial charge in [-0.1, -0.05) is 6.07 Å². The molecule has 1 aromatic rings. The molecular weight excluding hydrogens is 484 g/mol. The Balaban J connectivity index is 0.00000420. The van der Waals surface area contributed by atoms with E-state index in [-0.39, 0.29) is 41.6 Å². The van der Waals surface area contributed by atoms with Gasteiger partial charge in [-0.3, -0.25) is 4.79 Å². The predicted octanol–water partition coefficient (Wildman–Crippen LogP) is 3.34. The summed E-state index contributed by atoms with van der Waals surface area (Å²) in [6, 6.07) is 5.35. The van der Waals surface area contributed by atoms with E-state index >= 15 is 0 Å². The molecule has 0 aliphatic carbocycles. The number of carbonyl (C=O) groups excluding carboxylic acids is 1. The van der Waals surface area contributed by atoms with Gasteiger partial charge in [0.1, 0.15) is 5.82 Å². The molecule has 2 rings (SSSR count). The molecule has 1 unspecified atom stereocenters. The van der Waals surface area contributed by atoms with Crippen LogP contribution in [0.3, 0.4) is 0 Å². The molecule has 0 radical (unpaired) electrons. The Labute approximate surface area is 191 Å². The third-order valence-electron chi connectivity index (χ3n) is 5.17. The quantitative estimate of drug-likeness (QED) is 0.314. The normalized spacial score (nSPS) is 16.9. The number of amides is 1. The number of nitrogens with two attached hydrogens (primary N) is 1. The minimum atomic E-state index is -0.252. The van der Waals surface area contributed by atoms with Gasteiger partial charge in [-0.05, 0) is 57.2 Å². The highest BCUT2D eigenvalue weighted by Crippen LogP contribution is 2.22. The summed E-state index contributed by atoms with van der Waals surface area (Å²) in [5.41, 5.74) is 6.84. The molecule has 1 aliphatic heterocycles. The lowest BCUT2D eigenvalue weighted by Crippen LogP contribution is -2.47. The van der Waals surface area contributed by atoms with Crippen molar-refractivity contribution in [1.29, 1.82) is 0 Å². The average Bonchev–Trinajstić information content (AvgIpc) is 2.67. The molecule has 29 heavy (non-hydrogen) atoms. The van der Waals surface area contributed by atoms with Crippen LogP contribution in [-0.2, 0) is 11.3 Å². The smallest absolute Gasteiger partial charge is 0.217 e. The maximum atomic E-state index is 14.5. The molecule has 164 valence electrons. The van der Waals surface area contributed by atoms with Crippen LogP contribution in [0.4, 0.5) is 10.1 Å². The Kier molecular flexibility index (Phi) is 11.3. The summed E-state index contributed by atoms with van der Waals surface area (Å²) in [5.74, 6) is 0.615. The number of primary amides is 1. The number of aliphatic imine (C=N–C) groups is 1. The summed E-state index contributed by atoms with van der Waals surface area (Å²) in [4.78, 5) is 20.1. The van der Waals surface area contributed by atoms with E-state index in [4.69, 9.17) is 10.7 Å². The van der Waals surface area contributed by atoms with E-state index in [9.17, 15) is 9.18 Å². The fourth-order valence-electron chi connectivity index (χ4n) is 3.77. The summed E-state index contributed by atoms with van der Waals surface area (Å²) in [5, 5.41) is 3.32. The molecule has 6 nitrogen and oxygen atoms in total. The number of halogens is 2. The van der Waals surface area contributed by atoms with Crippen LogP contribution in [0.2, 0.25) is 0 Å². The van der Waals surface area contributed by atoms with E-state index in [0.717, 1.165) is 57.1 Å². The highest BCUT2D eigenvalue weighted by Gasteiger charge is 2.23. The number of anilines is 1. The van der Waals surface area contributed by atoms with Crippen molar-refractivity contribution in [2.75, 3.05) is 37.6 Å². The molecule has 0 saturated carbocycles. The molecule has 1 aliphatic rings. The summed E-state index contributed by atoms with van der Waals surface area (Å²) in [6.45, 7) is 10.5. The molecule has 0 bridgehead atoms. The largest absolute Gasteiger partial charge is 0.370 e. The van der Waals surface area contributed by atoms with Gasteiger partial charge < -0.3 is 20.9 Å². The van der Waals surface area contributed by atoms with Gasteiger partial charge in [0.25, 0.3) is 0 Å². The lowest BCUT2D eigenvalue weighted by Gasteiger charge is -2.34. The number of piperidine rings is 1. The van der Waals surface area contributed by atoms with Crippen LogP contribution in [0.1, 0.15) is 45.6 Å². The third-order valence-corrected chi connectivity index (χ3v) is 5.17. The number of hydrogen-bond donors (Lipinski definition) is 2. The zero-order valence-corrected chi connectivity index (χ0v) is 20.1. The average molecular weight is 519 g/mol. The minimum Gasteiger partial charge on any atom is -0.370 e. The Morgan fingerprint density at radius 2 is 2.07 bits per heavy atom.